The number of nitrogens with zero attached hydrogens (tertiary/aromatic N) is 2. The van der Waals surface area contributed by atoms with Crippen molar-refractivity contribution in [3.8, 4) is 0 Å². The zero-order chi connectivity index (χ0) is 15.2. The van der Waals surface area contributed by atoms with Crippen molar-refractivity contribution in [2.45, 2.75) is 0 Å². The van der Waals surface area contributed by atoms with Gasteiger partial charge in [0.2, 0.25) is 0 Å². The van der Waals surface area contributed by atoms with Crippen LogP contribution in [0, 0.1) is 0 Å². The van der Waals surface area contributed by atoms with Gasteiger partial charge in [-0.2, -0.15) is 0 Å². The molecule has 0 saturated heterocycles. The molecule has 6 heteroatoms. The van der Waals surface area contributed by atoms with Gasteiger partial charge >= 0.3 is 5.97 Å². The van der Waals surface area contributed by atoms with Gasteiger partial charge in [-0.1, -0.05) is 0 Å². The lowest BCUT2D eigenvalue weighted by Gasteiger charge is -2.22. The summed E-state index contributed by atoms with van der Waals surface area (Å²) in [4.78, 5) is 28.5. The first kappa shape index (κ1) is 14.7. The van der Waals surface area contributed by atoms with Gasteiger partial charge in [-0.25, -0.2) is 4.79 Å². The second-order valence-corrected chi connectivity index (χ2v) is 4.27. The summed E-state index contributed by atoms with van der Waals surface area (Å²) in [6.07, 6.45) is 3.02. The fourth-order valence-electron chi connectivity index (χ4n) is 1.88. The number of aliphatic hydroxyl groups excluding tert-OH is 1. The van der Waals surface area contributed by atoms with Gasteiger partial charge in [-0.15, -0.1) is 0 Å². The molecule has 0 spiro atoms. The molecule has 6 nitrogen and oxygen atoms in total. The molecule has 1 aromatic heterocycles. The summed E-state index contributed by atoms with van der Waals surface area (Å²) in [5.41, 5.74) is 1.11. The normalized spacial score (nSPS) is 10.1. The number of hydrogen-bond donors (Lipinski definition) is 2. The van der Waals surface area contributed by atoms with Gasteiger partial charge < -0.3 is 15.1 Å². The van der Waals surface area contributed by atoms with Crippen molar-refractivity contribution >= 4 is 17.6 Å². The van der Waals surface area contributed by atoms with E-state index >= 15 is 0 Å². The van der Waals surface area contributed by atoms with E-state index < -0.39 is 5.97 Å². The molecule has 0 saturated carbocycles. The Hall–Kier alpha value is -2.73. The van der Waals surface area contributed by atoms with Gasteiger partial charge in [0.05, 0.1) is 12.2 Å². The first-order chi connectivity index (χ1) is 10.1. The average Bonchev–Trinajstić information content (AvgIpc) is 2.53. The minimum Gasteiger partial charge on any atom is -0.478 e. The molecular weight excluding hydrogens is 272 g/mol. The number of carboxylic acids is 1. The highest BCUT2D eigenvalue weighted by Crippen LogP contribution is 2.18. The molecule has 1 aromatic carbocycles. The van der Waals surface area contributed by atoms with Crippen molar-refractivity contribution in [2.24, 2.45) is 0 Å². The SMILES string of the molecule is O=C(O)c1ccc(N(CCO)C(=O)c2ccncc2)cc1. The maximum absolute atomic E-state index is 12.4. The van der Waals surface area contributed by atoms with Crippen molar-refractivity contribution < 1.29 is 19.8 Å². The molecule has 0 aliphatic carbocycles. The number of amides is 1. The van der Waals surface area contributed by atoms with Gasteiger partial charge in [-0.3, -0.25) is 9.78 Å². The predicted octanol–water partition coefficient (Wildman–Crippen LogP) is 1.42. The molecule has 0 bridgehead atoms. The summed E-state index contributed by atoms with van der Waals surface area (Å²) < 4.78 is 0. The topological polar surface area (TPSA) is 90.7 Å². The second-order valence-electron chi connectivity index (χ2n) is 4.27. The molecule has 2 rings (SSSR count). The van der Waals surface area contributed by atoms with Gasteiger partial charge in [0.25, 0.3) is 5.91 Å². The van der Waals surface area contributed by atoms with Crippen molar-refractivity contribution in [3.63, 3.8) is 0 Å². The zero-order valence-electron chi connectivity index (χ0n) is 11.1. The number of carbonyl (C=O) groups is 2. The van der Waals surface area contributed by atoms with E-state index in [2.05, 4.69) is 4.98 Å². The summed E-state index contributed by atoms with van der Waals surface area (Å²) in [6, 6.07) is 9.08. The van der Waals surface area contributed by atoms with Gasteiger partial charge in [0.15, 0.2) is 0 Å². The molecule has 0 unspecified atom stereocenters. The van der Waals surface area contributed by atoms with Crippen LogP contribution in [0.5, 0.6) is 0 Å². The van der Waals surface area contributed by atoms with Crippen LogP contribution in [0.4, 0.5) is 5.69 Å². The van der Waals surface area contributed by atoms with E-state index in [-0.39, 0.29) is 24.6 Å². The molecular formula is C15H14N2O4. The minimum atomic E-state index is -1.03. The molecule has 0 fully saturated rings. The van der Waals surface area contributed by atoms with Crippen LogP contribution in [0.2, 0.25) is 0 Å². The molecule has 1 amide bonds. The Morgan fingerprint density at radius 2 is 1.62 bits per heavy atom. The summed E-state index contributed by atoms with van der Waals surface area (Å²) in [5.74, 6) is -1.31. The van der Waals surface area contributed by atoms with Crippen molar-refractivity contribution in [1.29, 1.82) is 0 Å². The Morgan fingerprint density at radius 1 is 1.00 bits per heavy atom. The number of benzene rings is 1. The summed E-state index contributed by atoms with van der Waals surface area (Å²) in [7, 11) is 0. The Bertz CT molecular complexity index is 626. The molecule has 0 radical (unpaired) electrons. The van der Waals surface area contributed by atoms with E-state index in [1.165, 1.54) is 41.6 Å². The third kappa shape index (κ3) is 3.43. The maximum Gasteiger partial charge on any atom is 0.335 e. The summed E-state index contributed by atoms with van der Waals surface area (Å²) >= 11 is 0. The molecule has 0 atom stereocenters. The van der Waals surface area contributed by atoms with Crippen LogP contribution in [0.3, 0.4) is 0 Å². The highest BCUT2D eigenvalue weighted by atomic mass is 16.4. The van der Waals surface area contributed by atoms with Crippen molar-refractivity contribution in [2.75, 3.05) is 18.1 Å². The molecule has 21 heavy (non-hydrogen) atoms. The van der Waals surface area contributed by atoms with Crippen LogP contribution in [-0.2, 0) is 0 Å². The first-order valence-corrected chi connectivity index (χ1v) is 6.29. The van der Waals surface area contributed by atoms with Crippen LogP contribution < -0.4 is 4.90 Å². The average molecular weight is 286 g/mol. The lowest BCUT2D eigenvalue weighted by atomic mass is 10.1. The maximum atomic E-state index is 12.4. The minimum absolute atomic E-state index is 0.119. The van der Waals surface area contributed by atoms with E-state index in [1.807, 2.05) is 0 Å². The number of anilines is 1. The Labute approximate surface area is 121 Å². The van der Waals surface area contributed by atoms with E-state index in [0.29, 0.717) is 11.3 Å². The molecule has 2 aromatic rings. The van der Waals surface area contributed by atoms with Gasteiger partial charge in [0, 0.05) is 30.2 Å². The summed E-state index contributed by atoms with van der Waals surface area (Å²) in [6.45, 7) is -0.0783. The fourth-order valence-corrected chi connectivity index (χ4v) is 1.88. The molecule has 108 valence electrons. The van der Waals surface area contributed by atoms with Crippen LogP contribution in [0.25, 0.3) is 0 Å². The zero-order valence-corrected chi connectivity index (χ0v) is 11.1. The van der Waals surface area contributed by atoms with Gasteiger partial charge in [-0.05, 0) is 36.4 Å². The standard InChI is InChI=1S/C15H14N2O4/c18-10-9-17(14(19)11-5-7-16-8-6-11)13-3-1-12(2-4-13)15(20)21/h1-8,18H,9-10H2,(H,20,21). The van der Waals surface area contributed by atoms with Gasteiger partial charge in [0.1, 0.15) is 0 Å². The van der Waals surface area contributed by atoms with Crippen LogP contribution in [-0.4, -0.2) is 40.2 Å². The molecule has 2 N–H and O–H groups in total. The Kier molecular flexibility index (Phi) is 4.63. The van der Waals surface area contributed by atoms with Crippen LogP contribution >= 0.6 is 0 Å². The third-order valence-electron chi connectivity index (χ3n) is 2.92. The number of aliphatic hydroxyl groups is 1. The van der Waals surface area contributed by atoms with Crippen molar-refractivity contribution in [1.82, 2.24) is 4.98 Å². The van der Waals surface area contributed by atoms with Crippen molar-refractivity contribution in [3.05, 3.63) is 59.9 Å². The number of pyridine rings is 1. The van der Waals surface area contributed by atoms with E-state index in [9.17, 15) is 9.59 Å². The Morgan fingerprint density at radius 3 is 2.14 bits per heavy atom. The highest BCUT2D eigenvalue weighted by molar-refractivity contribution is 6.06. The summed E-state index contributed by atoms with van der Waals surface area (Å²) in [5, 5.41) is 18.0. The third-order valence-corrected chi connectivity index (χ3v) is 2.92. The molecule has 0 aliphatic rings. The van der Waals surface area contributed by atoms with E-state index in [4.69, 9.17) is 10.2 Å². The first-order valence-electron chi connectivity index (χ1n) is 6.29. The number of aromatic nitrogens is 1. The lowest BCUT2D eigenvalue weighted by molar-refractivity contribution is 0.0696. The van der Waals surface area contributed by atoms with Crippen LogP contribution in [0.1, 0.15) is 20.7 Å². The molecule has 1 heterocycles. The Balaban J connectivity index is 2.30. The van der Waals surface area contributed by atoms with E-state index in [1.54, 1.807) is 12.1 Å². The highest BCUT2D eigenvalue weighted by Gasteiger charge is 2.17. The number of hydrogen-bond acceptors (Lipinski definition) is 4. The second kappa shape index (κ2) is 6.62. The quantitative estimate of drug-likeness (QED) is 0.867. The molecule has 0 aliphatic heterocycles. The number of aromatic carboxylic acids is 1. The number of carboxylic acid groups (broad SMARTS) is 1. The smallest absolute Gasteiger partial charge is 0.335 e. The predicted molar refractivity (Wildman–Crippen MR) is 76.4 cm³/mol. The number of rotatable bonds is 5. The largest absolute Gasteiger partial charge is 0.478 e. The van der Waals surface area contributed by atoms with E-state index in [0.717, 1.165) is 0 Å². The monoisotopic (exact) mass is 286 g/mol. The van der Waals surface area contributed by atoms with Crippen LogP contribution in [0.15, 0.2) is 48.8 Å². The fraction of sp³-hybridized carbons (Fsp3) is 0.133. The number of carbonyl (C=O) groups excluding carboxylic acids is 1. The lowest BCUT2D eigenvalue weighted by Crippen LogP contribution is -2.33.